The largest absolute Gasteiger partial charge is 0.321 e. The summed E-state index contributed by atoms with van der Waals surface area (Å²) in [5.41, 5.74) is 2.16. The molecule has 4 rings (SSSR count). The van der Waals surface area contributed by atoms with Crippen LogP contribution in [0.4, 0.5) is 5.13 Å². The van der Waals surface area contributed by atoms with Crippen molar-refractivity contribution in [2.45, 2.75) is 22.6 Å². The van der Waals surface area contributed by atoms with E-state index in [0.717, 1.165) is 16.5 Å². The van der Waals surface area contributed by atoms with E-state index < -0.39 is 0 Å². The maximum Gasteiger partial charge on any atom is 0.263 e. The highest BCUT2D eigenvalue weighted by Crippen LogP contribution is 2.39. The number of amides is 1. The van der Waals surface area contributed by atoms with Crippen LogP contribution in [0, 0.1) is 0 Å². The van der Waals surface area contributed by atoms with Gasteiger partial charge in [0.15, 0.2) is 4.34 Å². The van der Waals surface area contributed by atoms with Crippen LogP contribution in [0.1, 0.15) is 13.3 Å². The normalized spacial score (nSPS) is 11.0. The van der Waals surface area contributed by atoms with Gasteiger partial charge >= 0.3 is 0 Å². The molecule has 0 spiro atoms. The number of aromatic nitrogens is 3. The number of anilines is 1. The summed E-state index contributed by atoms with van der Waals surface area (Å²) in [6.07, 6.45) is 0.352. The number of aromatic amines is 1. The van der Waals surface area contributed by atoms with Gasteiger partial charge in [-0.15, -0.1) is 10.2 Å². The average molecular weight is 443 g/mol. The predicted octanol–water partition coefficient (Wildman–Crippen LogP) is 5.20. The van der Waals surface area contributed by atoms with Crippen molar-refractivity contribution in [3.05, 3.63) is 63.9 Å². The van der Waals surface area contributed by atoms with Gasteiger partial charge < -0.3 is 10.3 Å². The van der Waals surface area contributed by atoms with Crippen molar-refractivity contribution in [3.8, 4) is 11.1 Å². The second-order valence-electron chi connectivity index (χ2n) is 6.09. The van der Waals surface area contributed by atoms with Crippen molar-refractivity contribution in [3.63, 3.8) is 0 Å². The van der Waals surface area contributed by atoms with Gasteiger partial charge in [0.05, 0.1) is 4.90 Å². The van der Waals surface area contributed by atoms with E-state index in [1.54, 1.807) is 19.1 Å². The summed E-state index contributed by atoms with van der Waals surface area (Å²) in [5.74, 6) is -0.138. The smallest absolute Gasteiger partial charge is 0.263 e. The number of hydrogen-bond acceptors (Lipinski definition) is 6. The monoisotopic (exact) mass is 442 g/mol. The number of hydrogen-bond donors (Lipinski definition) is 2. The molecule has 9 heteroatoms. The summed E-state index contributed by atoms with van der Waals surface area (Å²) >= 11 is 8.68. The molecule has 0 aliphatic rings. The number of nitrogens with one attached hydrogen (secondary N) is 2. The van der Waals surface area contributed by atoms with Gasteiger partial charge in [-0.1, -0.05) is 72.0 Å². The van der Waals surface area contributed by atoms with Gasteiger partial charge in [-0.2, -0.15) is 0 Å². The van der Waals surface area contributed by atoms with E-state index >= 15 is 0 Å². The second kappa shape index (κ2) is 8.36. The van der Waals surface area contributed by atoms with Gasteiger partial charge in [0.2, 0.25) is 11.0 Å². The van der Waals surface area contributed by atoms with E-state index in [2.05, 4.69) is 20.5 Å². The summed E-state index contributed by atoms with van der Waals surface area (Å²) in [5, 5.41) is 12.6. The van der Waals surface area contributed by atoms with Crippen LogP contribution in [0.3, 0.4) is 0 Å². The summed E-state index contributed by atoms with van der Waals surface area (Å²) in [6.45, 7) is 1.76. The number of fused-ring (bicyclic) bond motifs is 1. The molecule has 1 amide bonds. The van der Waals surface area contributed by atoms with Crippen molar-refractivity contribution in [2.75, 3.05) is 5.32 Å². The Balaban J connectivity index is 1.85. The molecule has 0 aliphatic carbocycles. The van der Waals surface area contributed by atoms with Crippen LogP contribution < -0.4 is 10.9 Å². The molecular weight excluding hydrogens is 428 g/mol. The molecule has 0 aliphatic heterocycles. The average Bonchev–Trinajstić information content (AvgIpc) is 3.16. The number of rotatable bonds is 5. The third-order valence-electron chi connectivity index (χ3n) is 4.16. The lowest BCUT2D eigenvalue weighted by atomic mass is 10.0. The lowest BCUT2D eigenvalue weighted by Gasteiger charge is -2.12. The zero-order valence-corrected chi connectivity index (χ0v) is 17.6. The first kappa shape index (κ1) is 19.6. The van der Waals surface area contributed by atoms with Crippen molar-refractivity contribution in [1.82, 2.24) is 15.2 Å². The van der Waals surface area contributed by atoms with Crippen LogP contribution in [-0.4, -0.2) is 21.1 Å². The van der Waals surface area contributed by atoms with Crippen molar-refractivity contribution < 1.29 is 4.79 Å². The molecule has 2 aromatic carbocycles. The van der Waals surface area contributed by atoms with E-state index in [0.29, 0.717) is 31.3 Å². The summed E-state index contributed by atoms with van der Waals surface area (Å²) in [7, 11) is 0. The Morgan fingerprint density at radius 2 is 2.00 bits per heavy atom. The molecule has 0 radical (unpaired) electrons. The Morgan fingerprint density at radius 1 is 1.21 bits per heavy atom. The molecule has 2 aromatic heterocycles. The maximum atomic E-state index is 12.9. The molecule has 0 saturated carbocycles. The lowest BCUT2D eigenvalue weighted by Crippen LogP contribution is -2.10. The third-order valence-corrected chi connectivity index (χ3v) is 6.38. The van der Waals surface area contributed by atoms with Gasteiger partial charge in [0, 0.05) is 27.9 Å². The van der Waals surface area contributed by atoms with Crippen LogP contribution in [0.25, 0.3) is 22.0 Å². The molecular formula is C20H15ClN4O2S2. The molecule has 0 unspecified atom stereocenters. The molecule has 0 saturated heterocycles. The molecule has 0 bridgehead atoms. The Bertz CT molecular complexity index is 1250. The first-order valence-corrected chi connectivity index (χ1v) is 10.8. The summed E-state index contributed by atoms with van der Waals surface area (Å²) in [6, 6.07) is 15.0. The fourth-order valence-electron chi connectivity index (χ4n) is 2.83. The Morgan fingerprint density at radius 3 is 2.76 bits per heavy atom. The third kappa shape index (κ3) is 4.19. The van der Waals surface area contributed by atoms with Crippen LogP contribution in [0.15, 0.2) is 62.6 Å². The van der Waals surface area contributed by atoms with Gasteiger partial charge in [-0.25, -0.2) is 0 Å². The predicted molar refractivity (Wildman–Crippen MR) is 118 cm³/mol. The maximum absolute atomic E-state index is 12.9. The van der Waals surface area contributed by atoms with Crippen LogP contribution in [0.5, 0.6) is 0 Å². The minimum atomic E-state index is -0.224. The minimum absolute atomic E-state index is 0.138. The van der Waals surface area contributed by atoms with Gasteiger partial charge in [0.25, 0.3) is 5.56 Å². The Kier molecular flexibility index (Phi) is 5.66. The number of carbonyl (C=O) groups is 1. The molecule has 146 valence electrons. The first-order chi connectivity index (χ1) is 14.0. The van der Waals surface area contributed by atoms with Crippen LogP contribution >= 0.6 is 34.7 Å². The van der Waals surface area contributed by atoms with Crippen molar-refractivity contribution in [2.24, 2.45) is 0 Å². The van der Waals surface area contributed by atoms with E-state index in [9.17, 15) is 9.59 Å². The van der Waals surface area contributed by atoms with Crippen molar-refractivity contribution in [1.29, 1.82) is 0 Å². The summed E-state index contributed by atoms with van der Waals surface area (Å²) < 4.78 is 0.556. The fourth-order valence-corrected chi connectivity index (χ4v) is 4.88. The van der Waals surface area contributed by atoms with Gasteiger partial charge in [0.1, 0.15) is 0 Å². The lowest BCUT2D eigenvalue weighted by molar-refractivity contribution is -0.115. The highest BCUT2D eigenvalue weighted by molar-refractivity contribution is 8.01. The first-order valence-electron chi connectivity index (χ1n) is 8.77. The quantitative estimate of drug-likeness (QED) is 0.415. The fraction of sp³-hybridized carbons (Fsp3) is 0.100. The Hall–Kier alpha value is -2.68. The molecule has 4 aromatic rings. The number of carbonyl (C=O) groups excluding carboxylic acids is 1. The van der Waals surface area contributed by atoms with E-state index in [4.69, 9.17) is 11.6 Å². The Labute approximate surface area is 179 Å². The molecule has 2 heterocycles. The van der Waals surface area contributed by atoms with Crippen LogP contribution in [-0.2, 0) is 4.79 Å². The molecule has 6 nitrogen and oxygen atoms in total. The zero-order chi connectivity index (χ0) is 20.4. The number of halogens is 1. The standard InChI is InChI=1S/C20H15ClN4O2S2/c1-2-15(26)23-19-24-25-20(29-19)28-17-16(11-6-4-3-5-7-11)13-10-12(21)8-9-14(13)22-18(17)27/h3-10H,2H2,1H3,(H,22,27)(H,23,24,26). The highest BCUT2D eigenvalue weighted by atomic mass is 35.5. The van der Waals surface area contributed by atoms with Crippen LogP contribution in [0.2, 0.25) is 5.02 Å². The highest BCUT2D eigenvalue weighted by Gasteiger charge is 2.18. The molecule has 0 fully saturated rings. The summed E-state index contributed by atoms with van der Waals surface area (Å²) in [4.78, 5) is 27.9. The number of H-pyrrole nitrogens is 1. The SMILES string of the molecule is CCC(=O)Nc1nnc(Sc2c(-c3ccccc3)c3cc(Cl)ccc3[nH]c2=O)s1. The van der Waals surface area contributed by atoms with Gasteiger partial charge in [-0.05, 0) is 23.8 Å². The van der Waals surface area contributed by atoms with Gasteiger partial charge in [-0.3, -0.25) is 9.59 Å². The molecule has 2 N–H and O–H groups in total. The van der Waals surface area contributed by atoms with E-state index in [1.165, 1.54) is 23.1 Å². The topological polar surface area (TPSA) is 87.7 Å². The van der Waals surface area contributed by atoms with Crippen molar-refractivity contribution >= 4 is 56.6 Å². The number of pyridine rings is 1. The van der Waals surface area contributed by atoms with E-state index in [1.807, 2.05) is 36.4 Å². The minimum Gasteiger partial charge on any atom is -0.321 e. The second-order valence-corrected chi connectivity index (χ2v) is 8.76. The number of nitrogens with zero attached hydrogens (tertiary/aromatic N) is 2. The zero-order valence-electron chi connectivity index (χ0n) is 15.2. The number of benzene rings is 2. The molecule has 0 atom stereocenters. The van der Waals surface area contributed by atoms with E-state index in [-0.39, 0.29) is 11.5 Å². The molecule has 29 heavy (non-hydrogen) atoms.